The van der Waals surface area contributed by atoms with Crippen molar-refractivity contribution in [3.63, 3.8) is 0 Å². The molecule has 1 aromatic rings. The number of carbonyl (C=O) groups excluding carboxylic acids is 2. The highest BCUT2D eigenvalue weighted by molar-refractivity contribution is 8.18. The van der Waals surface area contributed by atoms with Gasteiger partial charge in [0.1, 0.15) is 0 Å². The van der Waals surface area contributed by atoms with Crippen molar-refractivity contribution < 1.29 is 19.2 Å². The van der Waals surface area contributed by atoms with E-state index in [1.165, 1.54) is 12.1 Å². The summed E-state index contributed by atoms with van der Waals surface area (Å²) >= 11 is 0.841. The highest BCUT2D eigenvalue weighted by atomic mass is 32.2. The summed E-state index contributed by atoms with van der Waals surface area (Å²) in [6, 6.07) is 4.70. The van der Waals surface area contributed by atoms with Gasteiger partial charge in [-0.1, -0.05) is 12.1 Å². The Hall–Kier alpha value is -2.19. The fourth-order valence-electron chi connectivity index (χ4n) is 2.12. The second kappa shape index (κ2) is 7.38. The van der Waals surface area contributed by atoms with Crippen molar-refractivity contribution in [1.29, 1.82) is 0 Å². The number of nitro benzene ring substituents is 1. The van der Waals surface area contributed by atoms with Crippen LogP contribution in [0, 0.1) is 17.0 Å². The average molecular weight is 336 g/mol. The smallest absolute Gasteiger partial charge is 0.293 e. The fourth-order valence-corrected chi connectivity index (χ4v) is 2.99. The number of thioether (sulfide) groups is 1. The van der Waals surface area contributed by atoms with E-state index in [0.29, 0.717) is 30.7 Å². The molecule has 1 aliphatic rings. The molecule has 2 amide bonds. The SMILES string of the molecule is COCCCN1C(=O)S/C(=C/c2ccc(C)c([N+](=O)[O-])c2)C1=O. The van der Waals surface area contributed by atoms with Crippen molar-refractivity contribution in [3.8, 4) is 0 Å². The van der Waals surface area contributed by atoms with Crippen LogP contribution in [0.3, 0.4) is 0 Å². The quantitative estimate of drug-likeness (QED) is 0.343. The van der Waals surface area contributed by atoms with E-state index >= 15 is 0 Å². The average Bonchev–Trinajstić information content (AvgIpc) is 2.76. The van der Waals surface area contributed by atoms with Crippen LogP contribution in [-0.2, 0) is 9.53 Å². The molecule has 122 valence electrons. The first-order chi connectivity index (χ1) is 10.9. The van der Waals surface area contributed by atoms with E-state index in [0.717, 1.165) is 16.7 Å². The van der Waals surface area contributed by atoms with Crippen LogP contribution in [0.15, 0.2) is 23.1 Å². The standard InChI is InChI=1S/C15H16N2O5S/c1-10-4-5-11(8-12(10)17(20)21)9-13-14(18)16(15(19)23-13)6-3-7-22-2/h4-5,8-9H,3,6-7H2,1-2H3/b13-9+. The van der Waals surface area contributed by atoms with Gasteiger partial charge < -0.3 is 4.74 Å². The minimum absolute atomic E-state index is 0.0157. The molecule has 7 nitrogen and oxygen atoms in total. The van der Waals surface area contributed by atoms with E-state index in [9.17, 15) is 19.7 Å². The van der Waals surface area contributed by atoms with Crippen molar-refractivity contribution in [1.82, 2.24) is 4.90 Å². The molecule has 0 radical (unpaired) electrons. The van der Waals surface area contributed by atoms with Crippen molar-refractivity contribution in [2.24, 2.45) is 0 Å². The number of aryl methyl sites for hydroxylation is 1. The van der Waals surface area contributed by atoms with Crippen LogP contribution >= 0.6 is 11.8 Å². The third-order valence-electron chi connectivity index (χ3n) is 3.33. The Bertz CT molecular complexity index is 686. The summed E-state index contributed by atoms with van der Waals surface area (Å²) in [5, 5.41) is 10.6. The van der Waals surface area contributed by atoms with Gasteiger partial charge in [0.05, 0.1) is 9.83 Å². The van der Waals surface area contributed by atoms with Gasteiger partial charge in [0.2, 0.25) is 0 Å². The first kappa shape index (κ1) is 17.2. The number of methoxy groups -OCH3 is 1. The number of amides is 2. The Balaban J connectivity index is 2.20. The number of rotatable bonds is 6. The van der Waals surface area contributed by atoms with Crippen molar-refractivity contribution in [2.45, 2.75) is 13.3 Å². The molecule has 0 spiro atoms. The van der Waals surface area contributed by atoms with Crippen molar-refractivity contribution in [3.05, 3.63) is 44.3 Å². The van der Waals surface area contributed by atoms with E-state index < -0.39 is 4.92 Å². The van der Waals surface area contributed by atoms with Gasteiger partial charge in [0.25, 0.3) is 16.8 Å². The maximum Gasteiger partial charge on any atom is 0.293 e. The van der Waals surface area contributed by atoms with E-state index in [4.69, 9.17) is 4.74 Å². The van der Waals surface area contributed by atoms with Gasteiger partial charge in [-0.15, -0.1) is 0 Å². The first-order valence-corrected chi connectivity index (χ1v) is 7.75. The molecule has 2 rings (SSSR count). The summed E-state index contributed by atoms with van der Waals surface area (Å²) in [5.74, 6) is -0.376. The van der Waals surface area contributed by atoms with Gasteiger partial charge in [0, 0.05) is 31.9 Å². The number of nitro groups is 1. The second-order valence-corrected chi connectivity index (χ2v) is 5.98. The summed E-state index contributed by atoms with van der Waals surface area (Å²) in [6.07, 6.45) is 2.07. The molecule has 1 saturated heterocycles. The molecule has 23 heavy (non-hydrogen) atoms. The summed E-state index contributed by atoms with van der Waals surface area (Å²) in [4.78, 5) is 36.1. The highest BCUT2D eigenvalue weighted by Crippen LogP contribution is 2.33. The second-order valence-electron chi connectivity index (χ2n) is 4.98. The molecule has 0 unspecified atom stereocenters. The topological polar surface area (TPSA) is 89.8 Å². The molecule has 1 fully saturated rings. The molecule has 0 saturated carbocycles. The Kier molecular flexibility index (Phi) is 5.51. The van der Waals surface area contributed by atoms with Gasteiger partial charge in [0.15, 0.2) is 0 Å². The number of ether oxygens (including phenoxy) is 1. The van der Waals surface area contributed by atoms with E-state index in [-0.39, 0.29) is 21.7 Å². The van der Waals surface area contributed by atoms with Crippen LogP contribution in [0.4, 0.5) is 10.5 Å². The Morgan fingerprint density at radius 3 is 2.78 bits per heavy atom. The van der Waals surface area contributed by atoms with Gasteiger partial charge in [-0.05, 0) is 36.7 Å². The summed E-state index contributed by atoms with van der Waals surface area (Å²) in [6.45, 7) is 2.40. The Labute approximate surface area is 137 Å². The van der Waals surface area contributed by atoms with Crippen LogP contribution in [0.5, 0.6) is 0 Å². The molecule has 1 aromatic carbocycles. The number of hydrogen-bond acceptors (Lipinski definition) is 6. The minimum Gasteiger partial charge on any atom is -0.385 e. The lowest BCUT2D eigenvalue weighted by atomic mass is 10.1. The predicted octanol–water partition coefficient (Wildman–Crippen LogP) is 2.98. The molecule has 0 atom stereocenters. The molecule has 0 aliphatic carbocycles. The van der Waals surface area contributed by atoms with Crippen LogP contribution < -0.4 is 0 Å². The van der Waals surface area contributed by atoms with Crippen LogP contribution in [0.1, 0.15) is 17.5 Å². The zero-order valence-corrected chi connectivity index (χ0v) is 13.6. The van der Waals surface area contributed by atoms with E-state index in [1.54, 1.807) is 26.2 Å². The Morgan fingerprint density at radius 2 is 2.13 bits per heavy atom. The van der Waals surface area contributed by atoms with Gasteiger partial charge in [-0.2, -0.15) is 0 Å². The maximum absolute atomic E-state index is 12.2. The lowest BCUT2D eigenvalue weighted by Gasteiger charge is -2.11. The largest absolute Gasteiger partial charge is 0.385 e. The van der Waals surface area contributed by atoms with Gasteiger partial charge in [-0.3, -0.25) is 24.6 Å². The van der Waals surface area contributed by atoms with Crippen LogP contribution in [-0.4, -0.2) is 41.2 Å². The molecular formula is C15H16N2O5S. The fraction of sp³-hybridized carbons (Fsp3) is 0.333. The lowest BCUT2D eigenvalue weighted by Crippen LogP contribution is -2.29. The van der Waals surface area contributed by atoms with Gasteiger partial charge >= 0.3 is 0 Å². The van der Waals surface area contributed by atoms with Gasteiger partial charge in [-0.25, -0.2) is 0 Å². The third-order valence-corrected chi connectivity index (χ3v) is 4.24. The zero-order valence-electron chi connectivity index (χ0n) is 12.8. The highest BCUT2D eigenvalue weighted by Gasteiger charge is 2.34. The first-order valence-electron chi connectivity index (χ1n) is 6.93. The lowest BCUT2D eigenvalue weighted by molar-refractivity contribution is -0.385. The normalized spacial score (nSPS) is 16.4. The minimum atomic E-state index is -0.469. The number of imide groups is 1. The molecule has 0 N–H and O–H groups in total. The summed E-state index contributed by atoms with van der Waals surface area (Å²) in [7, 11) is 1.55. The monoisotopic (exact) mass is 336 g/mol. The molecule has 0 bridgehead atoms. The zero-order chi connectivity index (χ0) is 17.0. The number of hydrogen-bond donors (Lipinski definition) is 0. The van der Waals surface area contributed by atoms with Crippen molar-refractivity contribution in [2.75, 3.05) is 20.3 Å². The third kappa shape index (κ3) is 3.96. The number of carbonyl (C=O) groups is 2. The summed E-state index contributed by atoms with van der Waals surface area (Å²) in [5.41, 5.74) is 1.04. The predicted molar refractivity (Wildman–Crippen MR) is 87.0 cm³/mol. The van der Waals surface area contributed by atoms with Crippen LogP contribution in [0.25, 0.3) is 6.08 Å². The molecule has 1 aliphatic heterocycles. The number of benzene rings is 1. The van der Waals surface area contributed by atoms with Crippen LogP contribution in [0.2, 0.25) is 0 Å². The maximum atomic E-state index is 12.2. The summed E-state index contributed by atoms with van der Waals surface area (Å²) < 4.78 is 4.91. The Morgan fingerprint density at radius 1 is 1.39 bits per heavy atom. The number of nitrogens with zero attached hydrogens (tertiary/aromatic N) is 2. The van der Waals surface area contributed by atoms with Crippen molar-refractivity contribution >= 4 is 34.7 Å². The molecule has 1 heterocycles. The molecule has 0 aromatic heterocycles. The molecular weight excluding hydrogens is 320 g/mol. The molecule has 8 heteroatoms. The van der Waals surface area contributed by atoms with E-state index in [2.05, 4.69) is 0 Å². The van der Waals surface area contributed by atoms with E-state index in [1.807, 2.05) is 0 Å².